The van der Waals surface area contributed by atoms with Crippen molar-refractivity contribution in [3.05, 3.63) is 23.9 Å². The SMILES string of the molecule is CCCCCCCOc1ncccc1CCl. The molecule has 1 aromatic rings. The molecule has 0 bridgehead atoms. The molecule has 0 aliphatic heterocycles. The highest BCUT2D eigenvalue weighted by Gasteiger charge is 2.02. The van der Waals surface area contributed by atoms with Crippen LogP contribution >= 0.6 is 11.6 Å². The number of hydrogen-bond acceptors (Lipinski definition) is 2. The van der Waals surface area contributed by atoms with Crippen molar-refractivity contribution in [2.45, 2.75) is 44.9 Å². The summed E-state index contributed by atoms with van der Waals surface area (Å²) in [5.74, 6) is 1.15. The summed E-state index contributed by atoms with van der Waals surface area (Å²) in [5, 5.41) is 0. The molecular formula is C13H20ClNO. The van der Waals surface area contributed by atoms with Crippen molar-refractivity contribution < 1.29 is 4.74 Å². The van der Waals surface area contributed by atoms with Crippen LogP contribution in [0.25, 0.3) is 0 Å². The summed E-state index contributed by atoms with van der Waals surface area (Å²) >= 11 is 5.79. The van der Waals surface area contributed by atoms with Gasteiger partial charge in [-0.3, -0.25) is 0 Å². The van der Waals surface area contributed by atoms with E-state index in [0.29, 0.717) is 11.8 Å². The Kier molecular flexibility index (Phi) is 6.98. The van der Waals surface area contributed by atoms with Crippen LogP contribution in [0, 0.1) is 0 Å². The summed E-state index contributed by atoms with van der Waals surface area (Å²) in [6, 6.07) is 3.83. The van der Waals surface area contributed by atoms with Crippen molar-refractivity contribution in [1.29, 1.82) is 0 Å². The maximum Gasteiger partial charge on any atom is 0.217 e. The van der Waals surface area contributed by atoms with Crippen molar-refractivity contribution in [1.82, 2.24) is 4.98 Å². The van der Waals surface area contributed by atoms with Crippen molar-refractivity contribution >= 4 is 11.6 Å². The molecule has 0 N–H and O–H groups in total. The monoisotopic (exact) mass is 241 g/mol. The summed E-state index contributed by atoms with van der Waals surface area (Å²) in [6.45, 7) is 2.96. The lowest BCUT2D eigenvalue weighted by Crippen LogP contribution is -2.01. The molecule has 0 saturated carbocycles. The number of pyridine rings is 1. The smallest absolute Gasteiger partial charge is 0.217 e. The second-order valence-corrected chi connectivity index (χ2v) is 4.13. The number of unbranched alkanes of at least 4 members (excludes halogenated alkanes) is 4. The maximum absolute atomic E-state index is 5.79. The zero-order valence-electron chi connectivity index (χ0n) is 9.92. The second kappa shape index (κ2) is 8.40. The Morgan fingerprint density at radius 1 is 1.25 bits per heavy atom. The zero-order valence-corrected chi connectivity index (χ0v) is 10.7. The van der Waals surface area contributed by atoms with Crippen molar-refractivity contribution in [2.75, 3.05) is 6.61 Å². The Labute approximate surface area is 103 Å². The molecule has 0 fully saturated rings. The molecule has 0 spiro atoms. The minimum absolute atomic E-state index is 0.457. The quantitative estimate of drug-likeness (QED) is 0.503. The minimum Gasteiger partial charge on any atom is -0.477 e. The molecule has 0 aliphatic carbocycles. The fourth-order valence-corrected chi connectivity index (χ4v) is 1.73. The van der Waals surface area contributed by atoms with Crippen LogP contribution in [0.15, 0.2) is 18.3 Å². The van der Waals surface area contributed by atoms with Crippen LogP contribution in [-0.4, -0.2) is 11.6 Å². The molecule has 0 radical (unpaired) electrons. The van der Waals surface area contributed by atoms with E-state index in [4.69, 9.17) is 16.3 Å². The normalized spacial score (nSPS) is 10.4. The Hall–Kier alpha value is -0.760. The third kappa shape index (κ3) is 4.84. The lowest BCUT2D eigenvalue weighted by molar-refractivity contribution is 0.291. The van der Waals surface area contributed by atoms with Gasteiger partial charge in [0.15, 0.2) is 0 Å². The van der Waals surface area contributed by atoms with Crippen molar-refractivity contribution in [3.63, 3.8) is 0 Å². The highest BCUT2D eigenvalue weighted by Crippen LogP contribution is 2.16. The van der Waals surface area contributed by atoms with Crippen LogP contribution in [0.1, 0.15) is 44.6 Å². The van der Waals surface area contributed by atoms with Gasteiger partial charge in [0.25, 0.3) is 0 Å². The second-order valence-electron chi connectivity index (χ2n) is 3.86. The molecule has 0 amide bonds. The summed E-state index contributed by atoms with van der Waals surface area (Å²) in [6.07, 6.45) is 7.95. The van der Waals surface area contributed by atoms with Gasteiger partial charge >= 0.3 is 0 Å². The van der Waals surface area contributed by atoms with Crippen LogP contribution in [-0.2, 0) is 5.88 Å². The van der Waals surface area contributed by atoms with E-state index in [1.807, 2.05) is 12.1 Å². The molecular weight excluding hydrogens is 222 g/mol. The van der Waals surface area contributed by atoms with Gasteiger partial charge in [-0.15, -0.1) is 11.6 Å². The predicted molar refractivity (Wildman–Crippen MR) is 68.0 cm³/mol. The summed E-state index contributed by atoms with van der Waals surface area (Å²) in [5.41, 5.74) is 0.970. The van der Waals surface area contributed by atoms with Crippen molar-refractivity contribution in [2.24, 2.45) is 0 Å². The molecule has 1 heterocycles. The standard InChI is InChI=1S/C13H20ClNO/c1-2-3-4-5-6-10-16-13-12(11-14)8-7-9-15-13/h7-9H,2-6,10-11H2,1H3. The van der Waals surface area contributed by atoms with E-state index in [9.17, 15) is 0 Å². The number of nitrogens with zero attached hydrogens (tertiary/aromatic N) is 1. The lowest BCUT2D eigenvalue weighted by atomic mass is 10.2. The van der Waals surface area contributed by atoms with E-state index in [2.05, 4.69) is 11.9 Å². The molecule has 0 unspecified atom stereocenters. The van der Waals surface area contributed by atoms with Gasteiger partial charge in [0.05, 0.1) is 12.5 Å². The number of hydrogen-bond donors (Lipinski definition) is 0. The van der Waals surface area contributed by atoms with Gasteiger partial charge in [0.1, 0.15) is 0 Å². The van der Waals surface area contributed by atoms with E-state index in [-0.39, 0.29) is 0 Å². The minimum atomic E-state index is 0.457. The average molecular weight is 242 g/mol. The fraction of sp³-hybridized carbons (Fsp3) is 0.615. The zero-order chi connectivity index (χ0) is 11.6. The van der Waals surface area contributed by atoms with Crippen molar-refractivity contribution in [3.8, 4) is 5.88 Å². The maximum atomic E-state index is 5.79. The van der Waals surface area contributed by atoms with Crippen LogP contribution in [0.4, 0.5) is 0 Å². The average Bonchev–Trinajstić information content (AvgIpc) is 2.34. The number of rotatable bonds is 8. The first-order valence-electron chi connectivity index (χ1n) is 6.01. The first-order valence-corrected chi connectivity index (χ1v) is 6.54. The summed E-state index contributed by atoms with van der Waals surface area (Å²) in [4.78, 5) is 4.18. The summed E-state index contributed by atoms with van der Waals surface area (Å²) < 4.78 is 5.61. The van der Waals surface area contributed by atoms with Gasteiger partial charge in [-0.25, -0.2) is 4.98 Å². The molecule has 0 aliphatic rings. The largest absolute Gasteiger partial charge is 0.477 e. The molecule has 2 nitrogen and oxygen atoms in total. The third-order valence-electron chi connectivity index (χ3n) is 2.48. The molecule has 1 aromatic heterocycles. The topological polar surface area (TPSA) is 22.1 Å². The van der Waals surface area contributed by atoms with E-state index in [0.717, 1.165) is 18.6 Å². The number of alkyl halides is 1. The fourth-order valence-electron chi connectivity index (χ4n) is 1.53. The summed E-state index contributed by atoms with van der Waals surface area (Å²) in [7, 11) is 0. The Bertz CT molecular complexity index is 291. The van der Waals surface area contributed by atoms with Crippen LogP contribution in [0.5, 0.6) is 5.88 Å². The number of ether oxygens (including phenoxy) is 1. The van der Waals surface area contributed by atoms with Crippen LogP contribution < -0.4 is 4.74 Å². The molecule has 0 atom stereocenters. The van der Waals surface area contributed by atoms with Gasteiger partial charge in [0, 0.05) is 11.8 Å². The Morgan fingerprint density at radius 2 is 2.06 bits per heavy atom. The van der Waals surface area contributed by atoms with Gasteiger partial charge in [0.2, 0.25) is 5.88 Å². The molecule has 1 rings (SSSR count). The van der Waals surface area contributed by atoms with E-state index in [1.54, 1.807) is 6.20 Å². The first kappa shape index (κ1) is 13.3. The number of halogens is 1. The molecule has 16 heavy (non-hydrogen) atoms. The van der Waals surface area contributed by atoms with Gasteiger partial charge < -0.3 is 4.74 Å². The van der Waals surface area contributed by atoms with Crippen LogP contribution in [0.3, 0.4) is 0 Å². The number of aromatic nitrogens is 1. The van der Waals surface area contributed by atoms with Gasteiger partial charge in [-0.05, 0) is 12.5 Å². The van der Waals surface area contributed by atoms with Gasteiger partial charge in [-0.1, -0.05) is 38.7 Å². The predicted octanol–water partition coefficient (Wildman–Crippen LogP) is 4.17. The third-order valence-corrected chi connectivity index (χ3v) is 2.77. The van der Waals surface area contributed by atoms with E-state index < -0.39 is 0 Å². The molecule has 3 heteroatoms. The Morgan fingerprint density at radius 3 is 2.81 bits per heavy atom. The van der Waals surface area contributed by atoms with Crippen LogP contribution in [0.2, 0.25) is 0 Å². The molecule has 0 aromatic carbocycles. The van der Waals surface area contributed by atoms with E-state index in [1.165, 1.54) is 25.7 Å². The molecule has 0 saturated heterocycles. The highest BCUT2D eigenvalue weighted by molar-refractivity contribution is 6.17. The van der Waals surface area contributed by atoms with Gasteiger partial charge in [-0.2, -0.15) is 0 Å². The first-order chi connectivity index (χ1) is 7.88. The molecule has 90 valence electrons. The highest BCUT2D eigenvalue weighted by atomic mass is 35.5. The Balaban J connectivity index is 2.21. The lowest BCUT2D eigenvalue weighted by Gasteiger charge is -2.07. The van der Waals surface area contributed by atoms with E-state index >= 15 is 0 Å².